The van der Waals surface area contributed by atoms with Crippen LogP contribution in [-0.2, 0) is 4.74 Å². The molecule has 0 saturated carbocycles. The molecule has 6 nitrogen and oxygen atoms in total. The van der Waals surface area contributed by atoms with E-state index in [-0.39, 0.29) is 6.04 Å². The molecule has 1 amide bonds. The molecule has 1 aromatic rings. The fourth-order valence-electron chi connectivity index (χ4n) is 2.00. The number of alkyl carbamates (subject to hydrolysis) is 1. The van der Waals surface area contributed by atoms with E-state index in [2.05, 4.69) is 15.0 Å². The lowest BCUT2D eigenvalue weighted by atomic mass is 10.1. The van der Waals surface area contributed by atoms with Crippen LogP contribution < -0.4 is 10.1 Å². The van der Waals surface area contributed by atoms with Crippen molar-refractivity contribution in [3.63, 3.8) is 0 Å². The molecule has 1 atom stereocenters. The normalized spacial score (nSPS) is 17.9. The third-order valence-corrected chi connectivity index (χ3v) is 3.09. The van der Waals surface area contributed by atoms with Crippen molar-refractivity contribution in [2.45, 2.75) is 6.04 Å². The van der Waals surface area contributed by atoms with Crippen LogP contribution >= 0.6 is 0 Å². The fraction of sp³-hybridized carbons (Fsp3) is 0.385. The van der Waals surface area contributed by atoms with Crippen LogP contribution in [0.1, 0.15) is 11.6 Å². The van der Waals surface area contributed by atoms with Crippen molar-refractivity contribution in [1.82, 2.24) is 10.2 Å². The summed E-state index contributed by atoms with van der Waals surface area (Å²) >= 11 is 0. The van der Waals surface area contributed by atoms with Gasteiger partial charge in [0.05, 0.1) is 26.8 Å². The Balaban J connectivity index is 2.10. The molecule has 1 aliphatic rings. The summed E-state index contributed by atoms with van der Waals surface area (Å²) in [5.41, 5.74) is 1.09. The van der Waals surface area contributed by atoms with Gasteiger partial charge in [-0.1, -0.05) is 12.1 Å². The summed E-state index contributed by atoms with van der Waals surface area (Å²) in [5.74, 6) is 1.32. The Bertz CT molecular complexity index is 502. The summed E-state index contributed by atoms with van der Waals surface area (Å²) in [7, 11) is 4.84. The highest BCUT2D eigenvalue weighted by Crippen LogP contribution is 2.26. The quantitative estimate of drug-likeness (QED) is 0.876. The fourth-order valence-corrected chi connectivity index (χ4v) is 2.00. The number of amides is 1. The molecule has 1 heterocycles. The summed E-state index contributed by atoms with van der Waals surface area (Å²) < 4.78 is 9.77. The number of rotatable bonds is 2. The summed E-state index contributed by atoms with van der Waals surface area (Å²) in [6.07, 6.45) is -0.517. The SMILES string of the molecule is COC(=O)NC1=NCC(c2cccc(OC)c2)N1C. The van der Waals surface area contributed by atoms with Crippen LogP contribution in [0.2, 0.25) is 0 Å². The van der Waals surface area contributed by atoms with Crippen molar-refractivity contribution in [3.05, 3.63) is 29.8 Å². The van der Waals surface area contributed by atoms with Crippen LogP contribution in [0.5, 0.6) is 5.75 Å². The molecule has 0 radical (unpaired) electrons. The van der Waals surface area contributed by atoms with Crippen LogP contribution in [0.15, 0.2) is 29.3 Å². The van der Waals surface area contributed by atoms with Crippen molar-refractivity contribution in [3.8, 4) is 5.75 Å². The van der Waals surface area contributed by atoms with E-state index in [1.807, 2.05) is 36.2 Å². The van der Waals surface area contributed by atoms with E-state index in [9.17, 15) is 4.79 Å². The zero-order chi connectivity index (χ0) is 13.8. The lowest BCUT2D eigenvalue weighted by molar-refractivity contribution is 0.175. The predicted octanol–water partition coefficient (Wildman–Crippen LogP) is 1.39. The Kier molecular flexibility index (Phi) is 3.89. The Morgan fingerprint density at radius 3 is 2.95 bits per heavy atom. The molecule has 1 aliphatic heterocycles. The molecule has 0 aromatic heterocycles. The van der Waals surface area contributed by atoms with Gasteiger partial charge in [-0.2, -0.15) is 0 Å². The zero-order valence-electron chi connectivity index (χ0n) is 11.2. The van der Waals surface area contributed by atoms with Gasteiger partial charge in [-0.25, -0.2) is 4.79 Å². The Morgan fingerprint density at radius 1 is 1.47 bits per heavy atom. The van der Waals surface area contributed by atoms with Gasteiger partial charge in [-0.15, -0.1) is 0 Å². The number of nitrogens with one attached hydrogen (secondary N) is 1. The second-order valence-electron chi connectivity index (χ2n) is 4.18. The first-order chi connectivity index (χ1) is 9.15. The number of carbonyl (C=O) groups excluding carboxylic acids is 1. The first-order valence-corrected chi connectivity index (χ1v) is 5.92. The maximum atomic E-state index is 11.2. The Morgan fingerprint density at radius 2 is 2.26 bits per heavy atom. The molecular weight excluding hydrogens is 246 g/mol. The number of likely N-dealkylation sites (N-methyl/N-ethyl adjacent to an activating group) is 1. The highest BCUT2D eigenvalue weighted by atomic mass is 16.5. The number of nitrogens with zero attached hydrogens (tertiary/aromatic N) is 2. The molecule has 1 N–H and O–H groups in total. The number of guanidine groups is 1. The lowest BCUT2D eigenvalue weighted by Crippen LogP contribution is -2.40. The largest absolute Gasteiger partial charge is 0.497 e. The molecule has 0 fully saturated rings. The average molecular weight is 263 g/mol. The first-order valence-electron chi connectivity index (χ1n) is 5.92. The van der Waals surface area contributed by atoms with Crippen LogP contribution in [-0.4, -0.2) is 44.8 Å². The number of hydrogen-bond donors (Lipinski definition) is 1. The minimum Gasteiger partial charge on any atom is -0.497 e. The standard InChI is InChI=1S/C13H17N3O3/c1-16-11(8-14-12(16)15-13(17)19-3)9-5-4-6-10(7-9)18-2/h4-7,11H,8H2,1-3H3,(H,14,15,17). The Hall–Kier alpha value is -2.24. The topological polar surface area (TPSA) is 63.2 Å². The number of benzene rings is 1. The minimum atomic E-state index is -0.517. The lowest BCUT2D eigenvalue weighted by Gasteiger charge is -2.23. The molecule has 0 saturated heterocycles. The summed E-state index contributed by atoms with van der Waals surface area (Å²) in [6, 6.07) is 7.90. The van der Waals surface area contributed by atoms with Gasteiger partial charge < -0.3 is 14.4 Å². The van der Waals surface area contributed by atoms with E-state index < -0.39 is 6.09 Å². The van der Waals surface area contributed by atoms with Gasteiger partial charge in [0.25, 0.3) is 0 Å². The minimum absolute atomic E-state index is 0.0854. The summed E-state index contributed by atoms with van der Waals surface area (Å²) in [5, 5.41) is 2.59. The van der Waals surface area contributed by atoms with Gasteiger partial charge >= 0.3 is 6.09 Å². The van der Waals surface area contributed by atoms with E-state index in [4.69, 9.17) is 4.74 Å². The van der Waals surface area contributed by atoms with Gasteiger partial charge in [0.1, 0.15) is 5.75 Å². The van der Waals surface area contributed by atoms with Crippen molar-refractivity contribution in [2.75, 3.05) is 27.8 Å². The number of hydrogen-bond acceptors (Lipinski definition) is 5. The molecule has 19 heavy (non-hydrogen) atoms. The molecule has 102 valence electrons. The summed E-state index contributed by atoms with van der Waals surface area (Å²) in [4.78, 5) is 17.4. The number of aliphatic imine (C=N–C) groups is 1. The molecular formula is C13H17N3O3. The smallest absolute Gasteiger partial charge is 0.413 e. The van der Waals surface area contributed by atoms with Crippen molar-refractivity contribution < 1.29 is 14.3 Å². The van der Waals surface area contributed by atoms with E-state index in [1.165, 1.54) is 7.11 Å². The highest BCUT2D eigenvalue weighted by Gasteiger charge is 2.27. The van der Waals surface area contributed by atoms with Crippen molar-refractivity contribution in [2.24, 2.45) is 4.99 Å². The Labute approximate surface area is 112 Å². The van der Waals surface area contributed by atoms with E-state index in [0.717, 1.165) is 11.3 Å². The van der Waals surface area contributed by atoms with Crippen LogP contribution in [0, 0.1) is 0 Å². The molecule has 0 spiro atoms. The van der Waals surface area contributed by atoms with Gasteiger partial charge in [0.2, 0.25) is 5.96 Å². The number of methoxy groups -OCH3 is 2. The summed E-state index contributed by atoms with van der Waals surface area (Å²) in [6.45, 7) is 0.586. The van der Waals surface area contributed by atoms with E-state index in [1.54, 1.807) is 7.11 Å². The van der Waals surface area contributed by atoms with Gasteiger partial charge in [-0.05, 0) is 17.7 Å². The number of ether oxygens (including phenoxy) is 2. The van der Waals surface area contributed by atoms with Crippen LogP contribution in [0.4, 0.5) is 4.79 Å². The predicted molar refractivity (Wildman–Crippen MR) is 71.3 cm³/mol. The zero-order valence-corrected chi connectivity index (χ0v) is 11.2. The van der Waals surface area contributed by atoms with Gasteiger partial charge in [0, 0.05) is 7.05 Å². The number of carbonyl (C=O) groups is 1. The first kappa shape index (κ1) is 13.2. The molecule has 1 unspecified atom stereocenters. The third-order valence-electron chi connectivity index (χ3n) is 3.09. The van der Waals surface area contributed by atoms with Gasteiger partial charge in [-0.3, -0.25) is 10.3 Å². The molecule has 2 rings (SSSR count). The molecule has 1 aromatic carbocycles. The average Bonchev–Trinajstić information content (AvgIpc) is 2.80. The maximum Gasteiger partial charge on any atom is 0.413 e. The van der Waals surface area contributed by atoms with Crippen LogP contribution in [0.25, 0.3) is 0 Å². The second-order valence-corrected chi connectivity index (χ2v) is 4.18. The molecule has 0 aliphatic carbocycles. The van der Waals surface area contributed by atoms with E-state index in [0.29, 0.717) is 12.5 Å². The van der Waals surface area contributed by atoms with E-state index >= 15 is 0 Å². The monoisotopic (exact) mass is 263 g/mol. The van der Waals surface area contributed by atoms with Crippen molar-refractivity contribution >= 4 is 12.1 Å². The van der Waals surface area contributed by atoms with Crippen molar-refractivity contribution in [1.29, 1.82) is 0 Å². The molecule has 6 heteroatoms. The maximum absolute atomic E-state index is 11.2. The highest BCUT2D eigenvalue weighted by molar-refractivity contribution is 5.94. The van der Waals surface area contributed by atoms with Gasteiger partial charge in [0.15, 0.2) is 0 Å². The molecule has 0 bridgehead atoms. The van der Waals surface area contributed by atoms with Crippen LogP contribution in [0.3, 0.4) is 0 Å². The second kappa shape index (κ2) is 5.60. The third kappa shape index (κ3) is 2.78.